The van der Waals surface area contributed by atoms with Crippen molar-refractivity contribution in [2.24, 2.45) is 5.41 Å². The summed E-state index contributed by atoms with van der Waals surface area (Å²) in [5.74, 6) is -6.09. The number of aliphatic hydroxyl groups excluding tert-OH is 1. The molecule has 0 unspecified atom stereocenters. The summed E-state index contributed by atoms with van der Waals surface area (Å²) in [6, 6.07) is 7.90. The van der Waals surface area contributed by atoms with Gasteiger partial charge in [0.15, 0.2) is 11.7 Å². The number of aliphatic hydroxyl groups is 2. The fourth-order valence-corrected chi connectivity index (χ4v) is 5.77. The molecule has 204 valence electrons. The van der Waals surface area contributed by atoms with Crippen molar-refractivity contribution < 1.29 is 45.7 Å². The zero-order valence-corrected chi connectivity index (χ0v) is 19.6. The molecule has 0 aliphatic heterocycles. The van der Waals surface area contributed by atoms with Gasteiger partial charge in [0, 0.05) is 17.0 Å². The molecule has 1 aromatic heterocycles. The Bertz CT molecular complexity index is 1290. The zero-order chi connectivity index (χ0) is 27.6. The Morgan fingerprint density at radius 1 is 1.00 bits per heavy atom. The van der Waals surface area contributed by atoms with Crippen molar-refractivity contribution in [3.05, 3.63) is 77.9 Å². The van der Waals surface area contributed by atoms with Crippen molar-refractivity contribution >= 4 is 0 Å². The fraction of sp³-hybridized carbons (Fsp3) is 0.440. The topological polar surface area (TPSA) is 80.4 Å². The summed E-state index contributed by atoms with van der Waals surface area (Å²) in [4.78, 5) is 3.68. The lowest BCUT2D eigenvalue weighted by Crippen LogP contribution is -2.76. The second kappa shape index (κ2) is 8.67. The van der Waals surface area contributed by atoms with E-state index in [4.69, 9.17) is 9.84 Å². The van der Waals surface area contributed by atoms with Gasteiger partial charge in [-0.1, -0.05) is 12.1 Å². The van der Waals surface area contributed by atoms with Gasteiger partial charge < -0.3 is 14.9 Å². The third-order valence-corrected chi connectivity index (χ3v) is 7.70. The van der Waals surface area contributed by atoms with Crippen LogP contribution in [-0.2, 0) is 17.6 Å². The maximum absolute atomic E-state index is 16.2. The van der Waals surface area contributed by atoms with Gasteiger partial charge in [0.25, 0.3) is 5.92 Å². The molecule has 2 atom stereocenters. The van der Waals surface area contributed by atoms with Crippen molar-refractivity contribution in [2.75, 3.05) is 6.61 Å². The van der Waals surface area contributed by atoms with Gasteiger partial charge in [-0.3, -0.25) is 0 Å². The van der Waals surface area contributed by atoms with Gasteiger partial charge >= 0.3 is 6.18 Å². The molecule has 1 heterocycles. The van der Waals surface area contributed by atoms with E-state index in [1.807, 2.05) is 0 Å². The van der Waals surface area contributed by atoms with Crippen molar-refractivity contribution in [3.63, 3.8) is 0 Å². The second-order valence-electron chi connectivity index (χ2n) is 10.1. The molecular weight excluding hydrogens is 523 g/mol. The van der Waals surface area contributed by atoms with Crippen LogP contribution in [0, 0.1) is 17.0 Å². The van der Waals surface area contributed by atoms with Crippen LogP contribution >= 0.6 is 0 Å². The summed E-state index contributed by atoms with van der Waals surface area (Å²) < 4.78 is 104. The van der Waals surface area contributed by atoms with Crippen LogP contribution in [0.25, 0.3) is 0 Å². The first-order valence-electron chi connectivity index (χ1n) is 11.6. The Balaban J connectivity index is 1.35. The molecule has 3 fully saturated rings. The van der Waals surface area contributed by atoms with E-state index in [1.54, 1.807) is 12.1 Å². The molecule has 0 amide bonds. The summed E-state index contributed by atoms with van der Waals surface area (Å²) in [6.07, 6.45) is -5.41. The molecule has 6 nitrogen and oxygen atoms in total. The lowest BCUT2D eigenvalue weighted by atomic mass is 9.30. The van der Waals surface area contributed by atoms with Crippen molar-refractivity contribution in [2.45, 2.75) is 55.0 Å². The molecule has 2 bridgehead atoms. The highest BCUT2D eigenvalue weighted by Crippen LogP contribution is 2.80. The Kier molecular flexibility index (Phi) is 6.02. The molecular formula is C25H22F7N3O3. The van der Waals surface area contributed by atoms with Crippen molar-refractivity contribution in [1.29, 1.82) is 0 Å². The van der Waals surface area contributed by atoms with Gasteiger partial charge in [-0.2, -0.15) is 18.3 Å². The first-order valence-corrected chi connectivity index (χ1v) is 11.6. The smallest absolute Gasteiger partial charge is 0.417 e. The third-order valence-electron chi connectivity index (χ3n) is 7.70. The molecule has 13 heteroatoms. The van der Waals surface area contributed by atoms with Crippen LogP contribution in [0.5, 0.6) is 5.75 Å². The highest BCUT2D eigenvalue weighted by atomic mass is 19.4. The number of ether oxygens (including phenoxy) is 1. The van der Waals surface area contributed by atoms with E-state index < -0.39 is 65.0 Å². The van der Waals surface area contributed by atoms with Gasteiger partial charge in [0.1, 0.15) is 36.6 Å². The van der Waals surface area contributed by atoms with Gasteiger partial charge in [-0.05, 0) is 54.5 Å². The highest BCUT2D eigenvalue weighted by molar-refractivity contribution is 5.44. The molecule has 3 aliphatic carbocycles. The third kappa shape index (κ3) is 4.03. The molecule has 0 radical (unpaired) electrons. The van der Waals surface area contributed by atoms with E-state index in [1.165, 1.54) is 12.1 Å². The first kappa shape index (κ1) is 26.4. The van der Waals surface area contributed by atoms with E-state index in [-0.39, 0.29) is 25.0 Å². The molecule has 3 aromatic rings. The van der Waals surface area contributed by atoms with Crippen molar-refractivity contribution in [1.82, 2.24) is 14.8 Å². The zero-order valence-electron chi connectivity index (χ0n) is 19.6. The van der Waals surface area contributed by atoms with Crippen LogP contribution in [0.15, 0.2) is 55.1 Å². The maximum Gasteiger partial charge on any atom is 0.417 e. The van der Waals surface area contributed by atoms with Gasteiger partial charge in [-0.25, -0.2) is 27.2 Å². The monoisotopic (exact) mass is 545 g/mol. The minimum atomic E-state index is -4.82. The quantitative estimate of drug-likeness (QED) is 0.387. The number of halogens is 7. The van der Waals surface area contributed by atoms with Gasteiger partial charge in [0.05, 0.1) is 6.54 Å². The SMILES string of the molecule is O[C@@H](COc1ccc(C23CC(C(F)(F)[C@@](O)(Cn4cncn4)c4ccc(F)cc4F)(C2)C3)cc1)C(F)(F)F. The largest absolute Gasteiger partial charge is 0.491 e. The second-order valence-corrected chi connectivity index (χ2v) is 10.1. The van der Waals surface area contributed by atoms with E-state index in [0.717, 1.165) is 29.5 Å². The fourth-order valence-electron chi connectivity index (χ4n) is 5.77. The van der Waals surface area contributed by atoms with Crippen LogP contribution in [0.4, 0.5) is 30.7 Å². The van der Waals surface area contributed by atoms with E-state index in [2.05, 4.69) is 10.1 Å². The van der Waals surface area contributed by atoms with Crippen LogP contribution in [0.3, 0.4) is 0 Å². The Hall–Kier alpha value is -3.19. The van der Waals surface area contributed by atoms with Crippen LogP contribution in [0.2, 0.25) is 0 Å². The van der Waals surface area contributed by atoms with Gasteiger partial charge in [-0.15, -0.1) is 0 Å². The lowest BCUT2D eigenvalue weighted by Gasteiger charge is -2.74. The molecule has 0 saturated heterocycles. The maximum atomic E-state index is 16.2. The van der Waals surface area contributed by atoms with Crippen LogP contribution < -0.4 is 4.74 Å². The summed E-state index contributed by atoms with van der Waals surface area (Å²) >= 11 is 0. The Morgan fingerprint density at radius 3 is 2.21 bits per heavy atom. The summed E-state index contributed by atoms with van der Waals surface area (Å²) in [6.45, 7) is -1.82. The summed E-state index contributed by atoms with van der Waals surface area (Å²) in [7, 11) is 0. The predicted molar refractivity (Wildman–Crippen MR) is 117 cm³/mol. The predicted octanol–water partition coefficient (Wildman–Crippen LogP) is 4.50. The number of hydrogen-bond donors (Lipinski definition) is 2. The first-order chi connectivity index (χ1) is 17.7. The van der Waals surface area contributed by atoms with Crippen LogP contribution in [-0.4, -0.2) is 49.8 Å². The molecule has 3 saturated carbocycles. The van der Waals surface area contributed by atoms with Gasteiger partial charge in [0.2, 0.25) is 0 Å². The number of aromatic nitrogens is 3. The Labute approximate surface area is 211 Å². The lowest BCUT2D eigenvalue weighted by molar-refractivity contribution is -0.347. The molecule has 38 heavy (non-hydrogen) atoms. The van der Waals surface area contributed by atoms with E-state index in [9.17, 15) is 27.1 Å². The van der Waals surface area contributed by atoms with Crippen molar-refractivity contribution in [3.8, 4) is 5.75 Å². The summed E-state index contributed by atoms with van der Waals surface area (Å²) in [5.41, 5.74) is -5.49. The van der Waals surface area contributed by atoms with E-state index in [0.29, 0.717) is 11.6 Å². The molecule has 6 rings (SSSR count). The number of alkyl halides is 5. The Morgan fingerprint density at radius 2 is 1.66 bits per heavy atom. The molecule has 0 spiro atoms. The normalized spacial score (nSPS) is 25.2. The number of benzene rings is 2. The minimum Gasteiger partial charge on any atom is -0.491 e. The molecule has 2 aromatic carbocycles. The highest BCUT2D eigenvalue weighted by Gasteiger charge is 2.82. The average Bonchev–Trinajstić information content (AvgIpc) is 3.28. The molecule has 3 aliphatic rings. The average molecular weight is 545 g/mol. The number of hydrogen-bond acceptors (Lipinski definition) is 5. The standard InChI is InChI=1S/C25H22F7N3O3/c26-16-3-6-18(19(27)7-16)23(37,12-35-14-33-13-34-35)25(31,32)22-9-21(10-22,11-22)15-1-4-17(5-2-15)38-8-20(36)24(28,29)30/h1-7,13-14,20,36-37H,8-12H2/t20-,21?,22?,23+/m0/s1. The number of nitrogens with zero attached hydrogens (tertiary/aromatic N) is 3. The van der Waals surface area contributed by atoms with Crippen LogP contribution in [0.1, 0.15) is 30.4 Å². The van der Waals surface area contributed by atoms with E-state index >= 15 is 8.78 Å². The number of rotatable bonds is 9. The summed E-state index contributed by atoms with van der Waals surface area (Å²) in [5, 5.41) is 24.2. The molecule has 2 N–H and O–H groups in total. The minimum absolute atomic E-state index is 0.0392.